The van der Waals surface area contributed by atoms with Crippen LogP contribution in [-0.4, -0.2) is 12.5 Å². The Kier molecular flexibility index (Phi) is 7.16. The van der Waals surface area contributed by atoms with Crippen molar-refractivity contribution in [3.05, 3.63) is 70.8 Å². The Morgan fingerprint density at radius 1 is 1.12 bits per heavy atom. The Balaban J connectivity index is 2.11. The van der Waals surface area contributed by atoms with Crippen molar-refractivity contribution in [3.8, 4) is 5.75 Å². The lowest BCUT2D eigenvalue weighted by atomic mass is 9.96. The van der Waals surface area contributed by atoms with Gasteiger partial charge in [0.2, 0.25) is 5.91 Å². The number of carbonyl (C=O) groups is 1. The summed E-state index contributed by atoms with van der Waals surface area (Å²) in [6, 6.07) is 13.4. The van der Waals surface area contributed by atoms with E-state index in [0.717, 1.165) is 5.56 Å². The third-order valence-electron chi connectivity index (χ3n) is 3.74. The van der Waals surface area contributed by atoms with E-state index in [4.69, 9.17) is 11.6 Å². The lowest BCUT2D eigenvalue weighted by molar-refractivity contribution is -0.117. The van der Waals surface area contributed by atoms with Gasteiger partial charge in [0.05, 0.1) is 6.04 Å². The van der Waals surface area contributed by atoms with E-state index in [9.17, 15) is 13.6 Å². The van der Waals surface area contributed by atoms with Crippen molar-refractivity contribution in [2.24, 2.45) is 5.92 Å². The molecule has 0 aliphatic heterocycles. The summed E-state index contributed by atoms with van der Waals surface area (Å²) in [5.41, 5.74) is 1.34. The molecular formula is C20H20ClF2NO2. The summed E-state index contributed by atoms with van der Waals surface area (Å²) >= 11 is 5.91. The molecule has 138 valence electrons. The van der Waals surface area contributed by atoms with Gasteiger partial charge >= 0.3 is 6.61 Å². The molecule has 26 heavy (non-hydrogen) atoms. The molecule has 6 heteroatoms. The van der Waals surface area contributed by atoms with Gasteiger partial charge in [-0.3, -0.25) is 4.79 Å². The van der Waals surface area contributed by atoms with E-state index in [1.807, 2.05) is 26.0 Å². The van der Waals surface area contributed by atoms with Crippen LogP contribution in [0.15, 0.2) is 54.6 Å². The highest BCUT2D eigenvalue weighted by atomic mass is 35.5. The molecule has 1 unspecified atom stereocenters. The third kappa shape index (κ3) is 5.85. The number of halogens is 3. The topological polar surface area (TPSA) is 38.3 Å². The quantitative estimate of drug-likeness (QED) is 0.648. The molecular weight excluding hydrogens is 360 g/mol. The van der Waals surface area contributed by atoms with Gasteiger partial charge < -0.3 is 10.1 Å². The molecule has 0 saturated heterocycles. The zero-order chi connectivity index (χ0) is 19.1. The Morgan fingerprint density at radius 2 is 1.77 bits per heavy atom. The number of rotatable bonds is 7. The second-order valence-electron chi connectivity index (χ2n) is 6.03. The lowest BCUT2D eigenvalue weighted by Crippen LogP contribution is -2.30. The maximum atomic E-state index is 12.4. The second-order valence-corrected chi connectivity index (χ2v) is 6.47. The van der Waals surface area contributed by atoms with Crippen LogP contribution in [0.4, 0.5) is 8.78 Å². The van der Waals surface area contributed by atoms with Gasteiger partial charge in [0.25, 0.3) is 0 Å². The van der Waals surface area contributed by atoms with Gasteiger partial charge in [-0.25, -0.2) is 0 Å². The third-order valence-corrected chi connectivity index (χ3v) is 3.99. The first kappa shape index (κ1) is 19.9. The van der Waals surface area contributed by atoms with Gasteiger partial charge in [-0.2, -0.15) is 8.78 Å². The highest BCUT2D eigenvalue weighted by molar-refractivity contribution is 6.30. The summed E-state index contributed by atoms with van der Waals surface area (Å²) in [4.78, 5) is 12.3. The van der Waals surface area contributed by atoms with E-state index in [1.165, 1.54) is 18.2 Å². The summed E-state index contributed by atoms with van der Waals surface area (Å²) in [6.07, 6.45) is 2.76. The molecule has 0 bridgehead atoms. The molecule has 0 spiro atoms. The number of amides is 1. The van der Waals surface area contributed by atoms with Crippen molar-refractivity contribution in [2.45, 2.75) is 26.5 Å². The minimum absolute atomic E-state index is 0.0182. The Morgan fingerprint density at radius 3 is 2.38 bits per heavy atom. The van der Waals surface area contributed by atoms with Crippen LogP contribution in [0.1, 0.15) is 31.0 Å². The molecule has 0 fully saturated rings. The fourth-order valence-electron chi connectivity index (χ4n) is 2.49. The standard InChI is InChI=1S/C20H20ClF2NO2/c1-13(2)19(15-7-10-16(21)11-8-15)24-18(25)12-9-14-5-3-4-6-17(14)26-20(22)23/h3-13,19-20H,1-2H3,(H,24,25)/b12-9+. The molecule has 0 aliphatic rings. The number of hydrogen-bond donors (Lipinski definition) is 1. The number of carbonyl (C=O) groups excluding carboxylic acids is 1. The molecule has 2 aromatic carbocycles. The van der Waals surface area contributed by atoms with Gasteiger partial charge in [0.1, 0.15) is 5.75 Å². The number of alkyl halides is 2. The molecule has 0 radical (unpaired) electrons. The van der Waals surface area contributed by atoms with Crippen LogP contribution < -0.4 is 10.1 Å². The summed E-state index contributed by atoms with van der Waals surface area (Å²) in [5.74, 6) is -0.155. The molecule has 0 aromatic heterocycles. The molecule has 3 nitrogen and oxygen atoms in total. The fourth-order valence-corrected chi connectivity index (χ4v) is 2.62. The largest absolute Gasteiger partial charge is 0.434 e. The molecule has 0 aliphatic carbocycles. The minimum Gasteiger partial charge on any atom is -0.434 e. The van der Waals surface area contributed by atoms with Crippen LogP contribution in [0, 0.1) is 5.92 Å². The number of ether oxygens (including phenoxy) is 1. The Bertz CT molecular complexity index is 761. The highest BCUT2D eigenvalue weighted by Gasteiger charge is 2.17. The smallest absolute Gasteiger partial charge is 0.387 e. The predicted molar refractivity (Wildman–Crippen MR) is 99.3 cm³/mol. The average molecular weight is 380 g/mol. The molecule has 0 heterocycles. The zero-order valence-electron chi connectivity index (χ0n) is 14.5. The highest BCUT2D eigenvalue weighted by Crippen LogP contribution is 2.24. The van der Waals surface area contributed by atoms with Crippen LogP contribution in [0.5, 0.6) is 5.75 Å². The Hall–Kier alpha value is -2.40. The minimum atomic E-state index is -2.92. The van der Waals surface area contributed by atoms with E-state index < -0.39 is 6.61 Å². The average Bonchev–Trinajstić information content (AvgIpc) is 2.59. The van der Waals surface area contributed by atoms with Gasteiger partial charge in [-0.1, -0.05) is 55.8 Å². The molecule has 1 amide bonds. The van der Waals surface area contributed by atoms with Crippen LogP contribution >= 0.6 is 11.6 Å². The molecule has 2 rings (SSSR count). The van der Waals surface area contributed by atoms with Crippen LogP contribution in [0.3, 0.4) is 0 Å². The first-order valence-corrected chi connectivity index (χ1v) is 8.52. The van der Waals surface area contributed by atoms with Gasteiger partial charge in [-0.15, -0.1) is 0 Å². The fraction of sp³-hybridized carbons (Fsp3) is 0.250. The van der Waals surface area contributed by atoms with E-state index in [0.29, 0.717) is 10.6 Å². The van der Waals surface area contributed by atoms with Crippen LogP contribution in [-0.2, 0) is 4.79 Å². The number of benzene rings is 2. The maximum Gasteiger partial charge on any atom is 0.387 e. The van der Waals surface area contributed by atoms with Gasteiger partial charge in [0.15, 0.2) is 0 Å². The molecule has 1 atom stereocenters. The summed E-state index contributed by atoms with van der Waals surface area (Å²) in [6.45, 7) is 1.07. The number of para-hydroxylation sites is 1. The Labute approximate surface area is 156 Å². The number of hydrogen-bond acceptors (Lipinski definition) is 2. The van der Waals surface area contributed by atoms with E-state index in [2.05, 4.69) is 10.1 Å². The first-order chi connectivity index (χ1) is 12.4. The van der Waals surface area contributed by atoms with E-state index >= 15 is 0 Å². The second kappa shape index (κ2) is 9.34. The normalized spacial score (nSPS) is 12.6. The van der Waals surface area contributed by atoms with Gasteiger partial charge in [0, 0.05) is 16.7 Å². The molecule has 0 saturated carbocycles. The van der Waals surface area contributed by atoms with Crippen molar-refractivity contribution in [3.63, 3.8) is 0 Å². The van der Waals surface area contributed by atoms with Crippen molar-refractivity contribution < 1.29 is 18.3 Å². The van der Waals surface area contributed by atoms with Gasteiger partial charge in [-0.05, 0) is 35.8 Å². The van der Waals surface area contributed by atoms with Crippen LogP contribution in [0.25, 0.3) is 6.08 Å². The van der Waals surface area contributed by atoms with Crippen molar-refractivity contribution in [2.75, 3.05) is 0 Å². The summed E-state index contributed by atoms with van der Waals surface area (Å²) < 4.78 is 29.3. The van der Waals surface area contributed by atoms with Crippen molar-refractivity contribution in [1.29, 1.82) is 0 Å². The van der Waals surface area contributed by atoms with E-state index in [-0.39, 0.29) is 23.6 Å². The van der Waals surface area contributed by atoms with Crippen molar-refractivity contribution >= 4 is 23.6 Å². The SMILES string of the molecule is CC(C)C(NC(=O)/C=C/c1ccccc1OC(F)F)c1ccc(Cl)cc1. The van der Waals surface area contributed by atoms with Crippen LogP contribution in [0.2, 0.25) is 5.02 Å². The first-order valence-electron chi connectivity index (χ1n) is 8.14. The summed E-state index contributed by atoms with van der Waals surface area (Å²) in [5, 5.41) is 3.55. The molecule has 2 aromatic rings. The zero-order valence-corrected chi connectivity index (χ0v) is 15.2. The predicted octanol–water partition coefficient (Wildman–Crippen LogP) is 5.47. The van der Waals surface area contributed by atoms with Crippen molar-refractivity contribution in [1.82, 2.24) is 5.32 Å². The summed E-state index contributed by atoms with van der Waals surface area (Å²) in [7, 11) is 0. The monoisotopic (exact) mass is 379 g/mol. The maximum absolute atomic E-state index is 12.4. The molecule has 1 N–H and O–H groups in total. The lowest BCUT2D eigenvalue weighted by Gasteiger charge is -2.22. The van der Waals surface area contributed by atoms with E-state index in [1.54, 1.807) is 30.3 Å². The number of nitrogens with one attached hydrogen (secondary N) is 1.